The van der Waals surface area contributed by atoms with Crippen LogP contribution < -0.4 is 16.4 Å². The fourth-order valence-corrected chi connectivity index (χ4v) is 1.82. The molecule has 4 N–H and O–H groups in total. The predicted octanol–water partition coefficient (Wildman–Crippen LogP) is 0.376. The van der Waals surface area contributed by atoms with Crippen LogP contribution in [0.4, 0.5) is 5.82 Å². The van der Waals surface area contributed by atoms with Crippen molar-refractivity contribution in [2.75, 3.05) is 25.5 Å². The molecule has 0 bridgehead atoms. The first-order valence-corrected chi connectivity index (χ1v) is 7.91. The molecule has 132 valence electrons. The van der Waals surface area contributed by atoms with E-state index in [1.54, 1.807) is 18.0 Å². The van der Waals surface area contributed by atoms with Gasteiger partial charge in [0.15, 0.2) is 0 Å². The third-order valence-electron chi connectivity index (χ3n) is 3.33. The van der Waals surface area contributed by atoms with E-state index in [0.717, 1.165) is 0 Å². The summed E-state index contributed by atoms with van der Waals surface area (Å²) in [5.74, 6) is -1.46. The third kappa shape index (κ3) is 6.93. The molecular weight excluding hydrogens is 334 g/mol. The van der Waals surface area contributed by atoms with Gasteiger partial charge in [-0.15, -0.1) is 0 Å². The van der Waals surface area contributed by atoms with Gasteiger partial charge in [0.25, 0.3) is 0 Å². The van der Waals surface area contributed by atoms with E-state index >= 15 is 0 Å². The number of nitrogens with zero attached hydrogens (tertiary/aromatic N) is 2. The number of hydrogen-bond acceptors (Lipinski definition) is 5. The topological polar surface area (TPSA) is 117 Å². The van der Waals surface area contributed by atoms with E-state index < -0.39 is 17.9 Å². The Bertz CT molecular complexity index is 579. The van der Waals surface area contributed by atoms with Crippen LogP contribution in [-0.2, 0) is 14.4 Å². The molecule has 24 heavy (non-hydrogen) atoms. The van der Waals surface area contributed by atoms with E-state index in [4.69, 9.17) is 17.3 Å². The monoisotopic (exact) mass is 355 g/mol. The molecule has 0 aliphatic heterocycles. The van der Waals surface area contributed by atoms with Crippen LogP contribution >= 0.6 is 11.6 Å². The van der Waals surface area contributed by atoms with Crippen molar-refractivity contribution in [3.63, 3.8) is 0 Å². The third-order valence-corrected chi connectivity index (χ3v) is 3.55. The molecule has 0 fully saturated rings. The smallest absolute Gasteiger partial charge is 0.314 e. The number of anilines is 1. The number of carbonyl (C=O) groups is 3. The minimum absolute atomic E-state index is 0.00849. The van der Waals surface area contributed by atoms with Gasteiger partial charge in [0.1, 0.15) is 5.82 Å². The highest BCUT2D eigenvalue weighted by atomic mass is 35.5. The van der Waals surface area contributed by atoms with Gasteiger partial charge in [0.05, 0.1) is 5.02 Å². The molecule has 0 aliphatic rings. The Balaban J connectivity index is 2.32. The van der Waals surface area contributed by atoms with Gasteiger partial charge in [-0.3, -0.25) is 14.4 Å². The number of carbonyl (C=O) groups excluding carboxylic acids is 3. The Kier molecular flexibility index (Phi) is 8.14. The van der Waals surface area contributed by atoms with Crippen molar-refractivity contribution >= 4 is 35.1 Å². The summed E-state index contributed by atoms with van der Waals surface area (Å²) in [5, 5.41) is 5.19. The zero-order valence-corrected chi connectivity index (χ0v) is 14.5. The molecule has 0 aromatic carbocycles. The van der Waals surface area contributed by atoms with Crippen LogP contribution in [-0.4, -0.2) is 53.8 Å². The quantitative estimate of drug-likeness (QED) is 0.611. The molecule has 0 radical (unpaired) electrons. The number of nitrogens with two attached hydrogens (primary N) is 1. The molecule has 1 aromatic heterocycles. The minimum Gasteiger partial charge on any atom is -0.346 e. The van der Waals surface area contributed by atoms with Crippen molar-refractivity contribution in [3.8, 4) is 0 Å². The summed E-state index contributed by atoms with van der Waals surface area (Å²) in [6.45, 7) is 2.61. The highest BCUT2D eigenvalue weighted by Crippen LogP contribution is 2.09. The van der Waals surface area contributed by atoms with Gasteiger partial charge >= 0.3 is 11.8 Å². The van der Waals surface area contributed by atoms with Gasteiger partial charge < -0.3 is 21.3 Å². The zero-order valence-electron chi connectivity index (χ0n) is 13.7. The average molecular weight is 356 g/mol. The lowest BCUT2D eigenvalue weighted by molar-refractivity contribution is -0.136. The van der Waals surface area contributed by atoms with Crippen LogP contribution in [0.25, 0.3) is 0 Å². The highest BCUT2D eigenvalue weighted by Gasteiger charge is 2.16. The second kappa shape index (κ2) is 9.84. The van der Waals surface area contributed by atoms with Crippen LogP contribution in [0, 0.1) is 0 Å². The maximum Gasteiger partial charge on any atom is 0.314 e. The summed E-state index contributed by atoms with van der Waals surface area (Å²) in [7, 11) is 1.71. The largest absolute Gasteiger partial charge is 0.346 e. The van der Waals surface area contributed by atoms with Crippen molar-refractivity contribution in [3.05, 3.63) is 23.4 Å². The molecule has 0 spiro atoms. The van der Waals surface area contributed by atoms with E-state index in [2.05, 4.69) is 15.6 Å². The molecule has 0 aliphatic carbocycles. The maximum absolute atomic E-state index is 11.7. The lowest BCUT2D eigenvalue weighted by Crippen LogP contribution is -2.42. The summed E-state index contributed by atoms with van der Waals surface area (Å²) >= 11 is 5.68. The van der Waals surface area contributed by atoms with Crippen LogP contribution in [0.5, 0.6) is 0 Å². The fraction of sp³-hybridized carbons (Fsp3) is 0.467. The lowest BCUT2D eigenvalue weighted by atomic mass is 10.1. The first kappa shape index (κ1) is 19.9. The number of rotatable bonds is 7. The maximum atomic E-state index is 11.7. The molecule has 1 aromatic rings. The minimum atomic E-state index is -0.848. The van der Waals surface area contributed by atoms with Gasteiger partial charge in [-0.25, -0.2) is 4.98 Å². The van der Waals surface area contributed by atoms with E-state index in [-0.39, 0.29) is 18.3 Å². The Labute approximate surface area is 145 Å². The van der Waals surface area contributed by atoms with Crippen molar-refractivity contribution in [2.45, 2.75) is 25.8 Å². The standard InChI is InChI=1S/C15H22ClN5O3/c1-3-21(2)13(22)7-5-11(17)9-19-14(23)15(24)20-12-6-4-10(16)8-18-12/h4,6,8,11H,3,5,7,9,17H2,1-2H3,(H,19,23)(H,18,20,24). The Morgan fingerprint density at radius 3 is 2.62 bits per heavy atom. The van der Waals surface area contributed by atoms with Crippen LogP contribution in [0.2, 0.25) is 5.02 Å². The molecule has 0 saturated carbocycles. The summed E-state index contributed by atoms with van der Waals surface area (Å²) in [4.78, 5) is 40.5. The fourth-order valence-electron chi connectivity index (χ4n) is 1.71. The van der Waals surface area contributed by atoms with E-state index in [1.165, 1.54) is 12.3 Å². The molecule has 1 unspecified atom stereocenters. The molecule has 9 heteroatoms. The van der Waals surface area contributed by atoms with Crippen molar-refractivity contribution in [1.82, 2.24) is 15.2 Å². The molecular formula is C15H22ClN5O3. The number of aromatic nitrogens is 1. The van der Waals surface area contributed by atoms with Crippen molar-refractivity contribution in [1.29, 1.82) is 0 Å². The van der Waals surface area contributed by atoms with Crippen molar-refractivity contribution in [2.24, 2.45) is 5.73 Å². The molecule has 0 saturated heterocycles. The molecule has 3 amide bonds. The summed E-state index contributed by atoms with van der Waals surface area (Å²) in [5.41, 5.74) is 5.84. The summed E-state index contributed by atoms with van der Waals surface area (Å²) in [6.07, 6.45) is 2.07. The van der Waals surface area contributed by atoms with Gasteiger partial charge in [0.2, 0.25) is 5.91 Å². The molecule has 8 nitrogen and oxygen atoms in total. The van der Waals surface area contributed by atoms with Crippen LogP contribution in [0.15, 0.2) is 18.3 Å². The summed E-state index contributed by atoms with van der Waals surface area (Å²) in [6, 6.07) is 2.61. The number of amides is 3. The Morgan fingerprint density at radius 2 is 2.04 bits per heavy atom. The zero-order chi connectivity index (χ0) is 18.1. The van der Waals surface area contributed by atoms with Crippen molar-refractivity contribution < 1.29 is 14.4 Å². The first-order chi connectivity index (χ1) is 11.3. The Hall–Kier alpha value is -2.19. The number of pyridine rings is 1. The highest BCUT2D eigenvalue weighted by molar-refractivity contribution is 6.39. The van der Waals surface area contributed by atoms with Crippen LogP contribution in [0.1, 0.15) is 19.8 Å². The predicted molar refractivity (Wildman–Crippen MR) is 91.4 cm³/mol. The number of halogens is 1. The van der Waals surface area contributed by atoms with Gasteiger partial charge in [-0.2, -0.15) is 0 Å². The van der Waals surface area contributed by atoms with Gasteiger partial charge in [-0.1, -0.05) is 11.6 Å². The van der Waals surface area contributed by atoms with E-state index in [9.17, 15) is 14.4 Å². The van der Waals surface area contributed by atoms with Crippen LogP contribution in [0.3, 0.4) is 0 Å². The van der Waals surface area contributed by atoms with E-state index in [1.807, 2.05) is 6.92 Å². The molecule has 1 rings (SSSR count). The van der Waals surface area contributed by atoms with Gasteiger partial charge in [0, 0.05) is 38.8 Å². The summed E-state index contributed by atoms with van der Waals surface area (Å²) < 4.78 is 0. The number of nitrogens with one attached hydrogen (secondary N) is 2. The first-order valence-electron chi connectivity index (χ1n) is 7.53. The average Bonchev–Trinajstić information content (AvgIpc) is 2.58. The second-order valence-electron chi connectivity index (χ2n) is 5.23. The second-order valence-corrected chi connectivity index (χ2v) is 5.67. The Morgan fingerprint density at radius 1 is 1.33 bits per heavy atom. The SMILES string of the molecule is CCN(C)C(=O)CCC(N)CNC(=O)C(=O)Nc1ccc(Cl)cn1. The molecule has 1 atom stereocenters. The molecule has 1 heterocycles. The van der Waals surface area contributed by atoms with E-state index in [0.29, 0.717) is 24.4 Å². The van der Waals surface area contributed by atoms with Gasteiger partial charge in [-0.05, 0) is 25.5 Å². The number of hydrogen-bond donors (Lipinski definition) is 3. The lowest BCUT2D eigenvalue weighted by Gasteiger charge is -2.16. The normalized spacial score (nSPS) is 11.5.